The molecule has 0 bridgehead atoms. The number of nitrogens with zero attached hydrogens (tertiary/aromatic N) is 4. The van der Waals surface area contributed by atoms with Crippen molar-refractivity contribution in [2.75, 3.05) is 6.61 Å². The van der Waals surface area contributed by atoms with Crippen LogP contribution in [0.2, 0.25) is 5.15 Å². The van der Waals surface area contributed by atoms with Crippen LogP contribution in [0.15, 0.2) is 17.5 Å². The summed E-state index contributed by atoms with van der Waals surface area (Å²) in [5.41, 5.74) is 0.795. The lowest BCUT2D eigenvalue weighted by Gasteiger charge is -2.19. The summed E-state index contributed by atoms with van der Waals surface area (Å²) in [5.74, 6) is 6.31. The molecule has 0 spiro atoms. The highest BCUT2D eigenvalue weighted by atomic mass is 35.5. The number of halogens is 1. The average Bonchev–Trinajstić information content (AvgIpc) is 3.29. The highest BCUT2D eigenvalue weighted by molar-refractivity contribution is 7.13. The summed E-state index contributed by atoms with van der Waals surface area (Å²) in [6.07, 6.45) is -2.91. The molecule has 7 nitrogen and oxygen atoms in total. The van der Waals surface area contributed by atoms with Crippen LogP contribution in [0.5, 0.6) is 0 Å². The molecular formula is C16H13ClN4O3S. The van der Waals surface area contributed by atoms with E-state index in [1.807, 2.05) is 17.5 Å². The molecule has 2 N–H and O–H groups in total. The number of aromatic nitrogens is 4. The molecular weight excluding hydrogens is 364 g/mol. The Balaban J connectivity index is 2.01. The Hall–Kier alpha value is -2.02. The largest absolute Gasteiger partial charge is 0.388 e. The first-order chi connectivity index (χ1) is 12.1. The third kappa shape index (κ3) is 2.70. The smallest absolute Gasteiger partial charge is 0.208 e. The molecule has 9 heteroatoms. The molecule has 1 aliphatic rings. The van der Waals surface area contributed by atoms with Crippen molar-refractivity contribution < 1.29 is 14.9 Å². The highest BCUT2D eigenvalue weighted by Crippen LogP contribution is 2.36. The van der Waals surface area contributed by atoms with E-state index >= 15 is 0 Å². The Morgan fingerprint density at radius 1 is 1.36 bits per heavy atom. The van der Waals surface area contributed by atoms with E-state index in [0.717, 1.165) is 4.88 Å². The fraction of sp³-hybridized carbons (Fsp3) is 0.312. The summed E-state index contributed by atoms with van der Waals surface area (Å²) in [7, 11) is 0. The van der Waals surface area contributed by atoms with Gasteiger partial charge >= 0.3 is 0 Å². The molecule has 0 aliphatic carbocycles. The second-order valence-electron chi connectivity index (χ2n) is 5.45. The predicted octanol–water partition coefficient (Wildman–Crippen LogP) is 1.83. The van der Waals surface area contributed by atoms with E-state index in [9.17, 15) is 10.2 Å². The first-order valence-electron chi connectivity index (χ1n) is 7.50. The summed E-state index contributed by atoms with van der Waals surface area (Å²) >= 11 is 7.76. The number of ether oxygens (including phenoxy) is 1. The predicted molar refractivity (Wildman–Crippen MR) is 93.2 cm³/mol. The molecule has 0 amide bonds. The van der Waals surface area contributed by atoms with E-state index in [2.05, 4.69) is 26.8 Å². The zero-order valence-electron chi connectivity index (χ0n) is 13.0. The van der Waals surface area contributed by atoms with Crippen molar-refractivity contribution in [1.29, 1.82) is 0 Å². The maximum absolute atomic E-state index is 10.3. The number of thiophene rings is 1. The van der Waals surface area contributed by atoms with E-state index in [4.69, 9.17) is 16.3 Å². The maximum atomic E-state index is 10.3. The number of hydrogen-bond acceptors (Lipinski definition) is 7. The average molecular weight is 377 g/mol. The van der Waals surface area contributed by atoms with Gasteiger partial charge in [0.05, 0.1) is 11.5 Å². The van der Waals surface area contributed by atoms with E-state index < -0.39 is 18.4 Å². The van der Waals surface area contributed by atoms with Crippen molar-refractivity contribution in [2.24, 2.45) is 0 Å². The van der Waals surface area contributed by atoms with Gasteiger partial charge in [0.25, 0.3) is 0 Å². The van der Waals surface area contributed by atoms with Gasteiger partial charge in [-0.3, -0.25) is 4.57 Å². The SMILES string of the molecule is CC#Cc1nc(Cl)c2nc(-c3cccs3)n([C@@H]3OC[C@@H](O)[C@H]3O)c2n1. The lowest BCUT2D eigenvalue weighted by atomic mass is 10.2. The van der Waals surface area contributed by atoms with Crippen LogP contribution in [0.4, 0.5) is 0 Å². The number of aliphatic hydroxyl groups excluding tert-OH is 2. The molecule has 0 radical (unpaired) electrons. The zero-order valence-corrected chi connectivity index (χ0v) is 14.6. The van der Waals surface area contributed by atoms with Crippen molar-refractivity contribution in [3.63, 3.8) is 0 Å². The van der Waals surface area contributed by atoms with Crippen LogP contribution in [0.3, 0.4) is 0 Å². The van der Waals surface area contributed by atoms with Crippen LogP contribution >= 0.6 is 22.9 Å². The monoisotopic (exact) mass is 376 g/mol. The summed E-state index contributed by atoms with van der Waals surface area (Å²) in [5, 5.41) is 22.3. The molecule has 4 rings (SSSR count). The molecule has 1 fully saturated rings. The molecule has 1 aliphatic heterocycles. The Morgan fingerprint density at radius 3 is 2.84 bits per heavy atom. The number of hydrogen-bond donors (Lipinski definition) is 2. The van der Waals surface area contributed by atoms with Crippen molar-refractivity contribution in [3.8, 4) is 22.5 Å². The summed E-state index contributed by atoms with van der Waals surface area (Å²) < 4.78 is 7.25. The summed E-state index contributed by atoms with van der Waals surface area (Å²) in [6, 6.07) is 3.79. The van der Waals surface area contributed by atoms with Crippen LogP contribution in [-0.4, -0.2) is 48.5 Å². The minimum absolute atomic E-state index is 0.0236. The first kappa shape index (κ1) is 16.4. The van der Waals surface area contributed by atoms with Crippen molar-refractivity contribution in [2.45, 2.75) is 25.4 Å². The van der Waals surface area contributed by atoms with E-state index in [-0.39, 0.29) is 17.6 Å². The van der Waals surface area contributed by atoms with Gasteiger partial charge in [0.1, 0.15) is 17.7 Å². The number of rotatable bonds is 2. The highest BCUT2D eigenvalue weighted by Gasteiger charge is 2.39. The molecule has 3 aromatic rings. The topological polar surface area (TPSA) is 93.3 Å². The fourth-order valence-corrected chi connectivity index (χ4v) is 3.66. The third-order valence-electron chi connectivity index (χ3n) is 3.85. The van der Waals surface area contributed by atoms with Gasteiger partial charge in [0.15, 0.2) is 22.9 Å². The fourth-order valence-electron chi connectivity index (χ4n) is 2.74. The van der Waals surface area contributed by atoms with E-state index in [0.29, 0.717) is 17.0 Å². The van der Waals surface area contributed by atoms with Crippen molar-refractivity contribution >= 4 is 34.1 Å². The standard InChI is InChI=1S/C16H13ClN4O3S/c1-2-4-10-18-13(17)11-15(19-10)21(16-12(23)8(22)7-24-16)14(20-11)9-5-3-6-25-9/h3,5-6,8,12,16,22-23H,7H2,1H3/t8-,12-,16-/m1/s1. The second-order valence-corrected chi connectivity index (χ2v) is 6.76. The lowest BCUT2D eigenvalue weighted by Crippen LogP contribution is -2.28. The van der Waals surface area contributed by atoms with Gasteiger partial charge in [-0.05, 0) is 24.3 Å². The van der Waals surface area contributed by atoms with E-state index in [1.54, 1.807) is 11.5 Å². The number of imidazole rings is 1. The molecule has 3 atom stereocenters. The van der Waals surface area contributed by atoms with E-state index in [1.165, 1.54) is 11.3 Å². The lowest BCUT2D eigenvalue weighted by molar-refractivity contribution is -0.0152. The summed E-state index contributed by atoms with van der Waals surface area (Å²) in [6.45, 7) is 1.70. The third-order valence-corrected chi connectivity index (χ3v) is 4.98. The summed E-state index contributed by atoms with van der Waals surface area (Å²) in [4.78, 5) is 14.0. The minimum atomic E-state index is -1.11. The van der Waals surface area contributed by atoms with Crippen LogP contribution in [0.1, 0.15) is 19.0 Å². The quantitative estimate of drug-likeness (QED) is 0.523. The van der Waals surface area contributed by atoms with Gasteiger partial charge in [-0.25, -0.2) is 15.0 Å². The molecule has 0 unspecified atom stereocenters. The van der Waals surface area contributed by atoms with Crippen LogP contribution in [-0.2, 0) is 4.74 Å². The Bertz CT molecular complexity index is 992. The maximum Gasteiger partial charge on any atom is 0.208 e. The van der Waals surface area contributed by atoms with Crippen LogP contribution < -0.4 is 0 Å². The molecule has 3 aromatic heterocycles. The van der Waals surface area contributed by atoms with Gasteiger partial charge in [-0.2, -0.15) is 0 Å². The first-order valence-corrected chi connectivity index (χ1v) is 8.75. The number of aliphatic hydroxyl groups is 2. The Kier molecular flexibility index (Phi) is 4.19. The molecule has 1 saturated heterocycles. The normalized spacial score (nSPS) is 23.0. The van der Waals surface area contributed by atoms with Gasteiger partial charge in [-0.15, -0.1) is 11.3 Å². The van der Waals surface area contributed by atoms with Crippen LogP contribution in [0, 0.1) is 11.8 Å². The molecule has 0 saturated carbocycles. The van der Waals surface area contributed by atoms with Gasteiger partial charge in [0.2, 0.25) is 5.82 Å². The van der Waals surface area contributed by atoms with Crippen molar-refractivity contribution in [1.82, 2.24) is 19.5 Å². The molecule has 128 valence electrons. The van der Waals surface area contributed by atoms with Gasteiger partial charge in [-0.1, -0.05) is 23.6 Å². The van der Waals surface area contributed by atoms with Crippen molar-refractivity contribution in [3.05, 3.63) is 28.5 Å². The molecule has 4 heterocycles. The molecule has 25 heavy (non-hydrogen) atoms. The van der Waals surface area contributed by atoms with Gasteiger partial charge in [0, 0.05) is 0 Å². The second kappa shape index (κ2) is 6.37. The van der Waals surface area contributed by atoms with Gasteiger partial charge < -0.3 is 14.9 Å². The molecule has 0 aromatic carbocycles. The van der Waals surface area contributed by atoms with Crippen LogP contribution in [0.25, 0.3) is 21.9 Å². The Labute approximate surface area is 151 Å². The Morgan fingerprint density at radius 2 is 2.20 bits per heavy atom. The zero-order chi connectivity index (χ0) is 17.6. The number of fused-ring (bicyclic) bond motifs is 1. The minimum Gasteiger partial charge on any atom is -0.388 e.